The van der Waals surface area contributed by atoms with Crippen LogP contribution in [0.1, 0.15) is 21.6 Å². The van der Waals surface area contributed by atoms with E-state index in [2.05, 4.69) is 4.98 Å². The first-order valence-corrected chi connectivity index (χ1v) is 8.18. The van der Waals surface area contributed by atoms with Crippen molar-refractivity contribution in [3.05, 3.63) is 98.3 Å². The fourth-order valence-corrected chi connectivity index (χ4v) is 2.69. The molecule has 0 saturated carbocycles. The Hall–Kier alpha value is -3.41. The van der Waals surface area contributed by atoms with Gasteiger partial charge in [0.05, 0.1) is 12.1 Å². The lowest BCUT2D eigenvalue weighted by atomic mass is 10.0. The van der Waals surface area contributed by atoms with Crippen molar-refractivity contribution in [2.45, 2.75) is 13.5 Å². The van der Waals surface area contributed by atoms with E-state index in [1.807, 2.05) is 18.2 Å². The molecular weight excluding hydrogens is 332 g/mol. The van der Waals surface area contributed by atoms with E-state index < -0.39 is 11.2 Å². The zero-order chi connectivity index (χ0) is 18.5. The average Bonchev–Trinajstić information content (AvgIpc) is 2.64. The lowest BCUT2D eigenvalue weighted by Gasteiger charge is -2.13. The van der Waals surface area contributed by atoms with Crippen LogP contribution in [0.2, 0.25) is 0 Å². The van der Waals surface area contributed by atoms with Crippen molar-refractivity contribution in [2.75, 3.05) is 6.61 Å². The zero-order valence-corrected chi connectivity index (χ0v) is 14.3. The van der Waals surface area contributed by atoms with Gasteiger partial charge in [0.2, 0.25) is 0 Å². The zero-order valence-electron chi connectivity index (χ0n) is 14.3. The third-order valence-corrected chi connectivity index (χ3v) is 3.98. The molecule has 6 heteroatoms. The van der Waals surface area contributed by atoms with E-state index in [0.29, 0.717) is 22.6 Å². The lowest BCUT2D eigenvalue weighted by Crippen LogP contribution is -2.32. The topological polar surface area (TPSA) is 81.2 Å². The lowest BCUT2D eigenvalue weighted by molar-refractivity contribution is 0.103. The molecule has 0 amide bonds. The standard InChI is InChI=1S/C20H18N2O4/c1-14-13-18(23)21-20(25)22(14)11-12-26-17-10-6-5-9-16(17)19(24)15-7-3-2-4-8-15/h2-10,13H,11-12H2,1H3,(H,21,23,25). The Morgan fingerprint density at radius 2 is 1.73 bits per heavy atom. The van der Waals surface area contributed by atoms with Gasteiger partial charge in [0.1, 0.15) is 12.4 Å². The highest BCUT2D eigenvalue weighted by molar-refractivity contribution is 6.10. The molecule has 0 aliphatic carbocycles. The van der Waals surface area contributed by atoms with Crippen LogP contribution in [-0.4, -0.2) is 21.9 Å². The number of benzene rings is 2. The van der Waals surface area contributed by atoms with Crippen LogP contribution < -0.4 is 16.0 Å². The van der Waals surface area contributed by atoms with E-state index >= 15 is 0 Å². The number of nitrogens with zero attached hydrogens (tertiary/aromatic N) is 1. The second-order valence-electron chi connectivity index (χ2n) is 5.77. The molecule has 1 N–H and O–H groups in total. The van der Waals surface area contributed by atoms with Crippen LogP contribution in [0.15, 0.2) is 70.3 Å². The molecular formula is C20H18N2O4. The number of aryl methyl sites for hydroxylation is 1. The normalized spacial score (nSPS) is 10.5. The van der Waals surface area contributed by atoms with Crippen LogP contribution in [-0.2, 0) is 6.54 Å². The van der Waals surface area contributed by atoms with E-state index in [-0.39, 0.29) is 18.9 Å². The van der Waals surface area contributed by atoms with Crippen LogP contribution in [0, 0.1) is 6.92 Å². The Balaban J connectivity index is 1.77. The van der Waals surface area contributed by atoms with Gasteiger partial charge in [0, 0.05) is 17.3 Å². The quantitative estimate of drug-likeness (QED) is 0.691. The Bertz CT molecular complexity index is 1040. The molecule has 2 aromatic carbocycles. The maximum atomic E-state index is 12.7. The molecule has 0 radical (unpaired) electrons. The predicted molar refractivity (Wildman–Crippen MR) is 97.9 cm³/mol. The summed E-state index contributed by atoms with van der Waals surface area (Å²) in [5, 5.41) is 0. The Labute approximate surface area is 149 Å². The van der Waals surface area contributed by atoms with Gasteiger partial charge in [0.15, 0.2) is 5.78 Å². The molecule has 1 aromatic heterocycles. The van der Waals surface area contributed by atoms with Crippen LogP contribution in [0.25, 0.3) is 0 Å². The average molecular weight is 350 g/mol. The van der Waals surface area contributed by atoms with Gasteiger partial charge >= 0.3 is 5.69 Å². The smallest absolute Gasteiger partial charge is 0.328 e. The van der Waals surface area contributed by atoms with E-state index in [0.717, 1.165) is 0 Å². The van der Waals surface area contributed by atoms with Crippen molar-refractivity contribution in [1.82, 2.24) is 9.55 Å². The first kappa shape index (κ1) is 17.4. The van der Waals surface area contributed by atoms with Gasteiger partial charge in [-0.25, -0.2) is 4.79 Å². The number of carbonyl (C=O) groups excluding carboxylic acids is 1. The predicted octanol–water partition coefficient (Wildman–Crippen LogP) is 2.16. The molecule has 0 fully saturated rings. The summed E-state index contributed by atoms with van der Waals surface area (Å²) >= 11 is 0. The van der Waals surface area contributed by atoms with Gasteiger partial charge in [-0.05, 0) is 19.1 Å². The van der Waals surface area contributed by atoms with Gasteiger partial charge in [0.25, 0.3) is 5.56 Å². The van der Waals surface area contributed by atoms with Gasteiger partial charge in [-0.2, -0.15) is 0 Å². The molecule has 3 rings (SSSR count). The molecule has 0 saturated heterocycles. The maximum absolute atomic E-state index is 12.7. The van der Waals surface area contributed by atoms with Gasteiger partial charge in [-0.15, -0.1) is 0 Å². The molecule has 0 bridgehead atoms. The summed E-state index contributed by atoms with van der Waals surface area (Å²) in [5.41, 5.74) is 0.687. The first-order chi connectivity index (χ1) is 12.6. The van der Waals surface area contributed by atoms with Crippen molar-refractivity contribution in [2.24, 2.45) is 0 Å². The number of ketones is 1. The highest BCUT2D eigenvalue weighted by Crippen LogP contribution is 2.21. The number of ether oxygens (including phenoxy) is 1. The summed E-state index contributed by atoms with van der Waals surface area (Å²) in [4.78, 5) is 38.0. The molecule has 0 aliphatic rings. The van der Waals surface area contributed by atoms with Crippen molar-refractivity contribution < 1.29 is 9.53 Å². The molecule has 0 spiro atoms. The molecule has 26 heavy (non-hydrogen) atoms. The summed E-state index contributed by atoms with van der Waals surface area (Å²) in [6.45, 7) is 2.13. The van der Waals surface area contributed by atoms with Crippen molar-refractivity contribution >= 4 is 5.78 Å². The Morgan fingerprint density at radius 3 is 2.46 bits per heavy atom. The monoisotopic (exact) mass is 350 g/mol. The van der Waals surface area contributed by atoms with Crippen LogP contribution >= 0.6 is 0 Å². The third-order valence-electron chi connectivity index (χ3n) is 3.98. The molecule has 0 unspecified atom stereocenters. The van der Waals surface area contributed by atoms with E-state index in [4.69, 9.17) is 4.74 Å². The van der Waals surface area contributed by atoms with Crippen LogP contribution in [0.5, 0.6) is 5.75 Å². The van der Waals surface area contributed by atoms with E-state index in [1.165, 1.54) is 10.6 Å². The minimum absolute atomic E-state index is 0.126. The molecule has 0 atom stereocenters. The van der Waals surface area contributed by atoms with Gasteiger partial charge in [-0.3, -0.25) is 19.1 Å². The Morgan fingerprint density at radius 1 is 1.04 bits per heavy atom. The first-order valence-electron chi connectivity index (χ1n) is 8.18. The number of para-hydroxylation sites is 1. The summed E-state index contributed by atoms with van der Waals surface area (Å²) < 4.78 is 7.17. The van der Waals surface area contributed by atoms with Gasteiger partial charge in [-0.1, -0.05) is 42.5 Å². The highest BCUT2D eigenvalue weighted by Gasteiger charge is 2.14. The third kappa shape index (κ3) is 3.80. The number of hydrogen-bond acceptors (Lipinski definition) is 4. The molecule has 132 valence electrons. The largest absolute Gasteiger partial charge is 0.491 e. The number of H-pyrrole nitrogens is 1. The second-order valence-corrected chi connectivity index (χ2v) is 5.77. The van der Waals surface area contributed by atoms with Crippen LogP contribution in [0.3, 0.4) is 0 Å². The minimum Gasteiger partial charge on any atom is -0.491 e. The van der Waals surface area contributed by atoms with Gasteiger partial charge < -0.3 is 4.74 Å². The number of nitrogens with one attached hydrogen (secondary N) is 1. The highest BCUT2D eigenvalue weighted by atomic mass is 16.5. The van der Waals surface area contributed by atoms with Crippen molar-refractivity contribution in [1.29, 1.82) is 0 Å². The molecule has 6 nitrogen and oxygen atoms in total. The molecule has 0 aliphatic heterocycles. The SMILES string of the molecule is Cc1cc(=O)[nH]c(=O)n1CCOc1ccccc1C(=O)c1ccccc1. The summed E-state index contributed by atoms with van der Waals surface area (Å²) in [5.74, 6) is 0.329. The van der Waals surface area contributed by atoms with E-state index in [9.17, 15) is 14.4 Å². The summed E-state index contributed by atoms with van der Waals surface area (Å²) in [6.07, 6.45) is 0. The fraction of sp³-hybridized carbons (Fsp3) is 0.150. The summed E-state index contributed by atoms with van der Waals surface area (Å²) in [7, 11) is 0. The molecule has 1 heterocycles. The van der Waals surface area contributed by atoms with E-state index in [1.54, 1.807) is 43.3 Å². The minimum atomic E-state index is -0.479. The summed E-state index contributed by atoms with van der Waals surface area (Å²) in [6, 6.07) is 17.3. The number of rotatable bonds is 6. The van der Waals surface area contributed by atoms with Crippen LogP contribution in [0.4, 0.5) is 0 Å². The number of aromatic nitrogens is 2. The fourth-order valence-electron chi connectivity index (χ4n) is 2.69. The molecule has 3 aromatic rings. The number of carbonyl (C=O) groups is 1. The number of hydrogen-bond donors (Lipinski definition) is 1. The number of aromatic amines is 1. The second kappa shape index (κ2) is 7.65. The maximum Gasteiger partial charge on any atom is 0.328 e. The van der Waals surface area contributed by atoms with Crippen molar-refractivity contribution in [3.8, 4) is 5.75 Å². The van der Waals surface area contributed by atoms with Crippen molar-refractivity contribution in [3.63, 3.8) is 0 Å². The Kier molecular flexibility index (Phi) is 5.12.